The number of alkyl halides is 3. The molecule has 1 aliphatic carbocycles. The molecule has 0 radical (unpaired) electrons. The van der Waals surface area contributed by atoms with E-state index in [0.29, 0.717) is 19.6 Å². The maximum absolute atomic E-state index is 12.6. The lowest BCUT2D eigenvalue weighted by atomic mass is 9.85. The highest BCUT2D eigenvalue weighted by atomic mass is 19.4. The minimum Gasteiger partial charge on any atom is -0.377 e. The summed E-state index contributed by atoms with van der Waals surface area (Å²) in [5.41, 5.74) is 0. The normalized spacial score (nSPS) is 28.1. The third-order valence-corrected chi connectivity index (χ3v) is 3.28. The summed E-state index contributed by atoms with van der Waals surface area (Å²) in [5.74, 6) is -1.13. The van der Waals surface area contributed by atoms with Crippen molar-refractivity contribution >= 4 is 0 Å². The number of rotatable bonds is 5. The first-order chi connectivity index (χ1) is 7.93. The second-order valence-electron chi connectivity index (χ2n) is 4.78. The van der Waals surface area contributed by atoms with Crippen LogP contribution in [0.3, 0.4) is 0 Å². The Hall–Kier alpha value is -0.290. The zero-order chi connectivity index (χ0) is 12.9. The molecule has 1 aliphatic rings. The van der Waals surface area contributed by atoms with Crippen LogP contribution in [0.2, 0.25) is 0 Å². The summed E-state index contributed by atoms with van der Waals surface area (Å²) in [6.07, 6.45) is -1.99. The summed E-state index contributed by atoms with van der Waals surface area (Å²) >= 11 is 0. The smallest absolute Gasteiger partial charge is 0.377 e. The maximum atomic E-state index is 12.6. The molecule has 0 bridgehead atoms. The van der Waals surface area contributed by atoms with Gasteiger partial charge in [-0.05, 0) is 33.1 Å². The van der Waals surface area contributed by atoms with E-state index in [1.54, 1.807) is 0 Å². The van der Waals surface area contributed by atoms with E-state index in [4.69, 9.17) is 4.74 Å². The van der Waals surface area contributed by atoms with Gasteiger partial charge in [-0.15, -0.1) is 0 Å². The second kappa shape index (κ2) is 6.59. The molecule has 1 rings (SSSR count). The minimum atomic E-state index is -4.04. The Bertz CT molecular complexity index is 220. The third kappa shape index (κ3) is 5.25. The third-order valence-electron chi connectivity index (χ3n) is 3.28. The molecule has 1 N–H and O–H groups in total. The van der Waals surface area contributed by atoms with Gasteiger partial charge in [-0.2, -0.15) is 13.2 Å². The van der Waals surface area contributed by atoms with Crippen LogP contribution in [0.4, 0.5) is 13.2 Å². The van der Waals surface area contributed by atoms with Crippen molar-refractivity contribution in [3.8, 4) is 0 Å². The predicted octanol–water partition coefficient (Wildman–Crippen LogP) is 3.12. The molecule has 0 amide bonds. The highest BCUT2D eigenvalue weighted by Crippen LogP contribution is 2.37. The molecule has 3 atom stereocenters. The Morgan fingerprint density at radius 3 is 2.65 bits per heavy atom. The van der Waals surface area contributed by atoms with Gasteiger partial charge < -0.3 is 10.1 Å². The monoisotopic (exact) mass is 253 g/mol. The predicted molar refractivity (Wildman–Crippen MR) is 60.9 cm³/mol. The Morgan fingerprint density at radius 1 is 1.35 bits per heavy atom. The van der Waals surface area contributed by atoms with Crippen molar-refractivity contribution in [1.29, 1.82) is 0 Å². The van der Waals surface area contributed by atoms with Gasteiger partial charge in [-0.25, -0.2) is 0 Å². The Kier molecular flexibility index (Phi) is 5.73. The first kappa shape index (κ1) is 14.8. The summed E-state index contributed by atoms with van der Waals surface area (Å²) in [6.45, 7) is 5.11. The zero-order valence-corrected chi connectivity index (χ0v) is 10.5. The van der Waals surface area contributed by atoms with Crippen LogP contribution in [-0.2, 0) is 4.74 Å². The molecule has 0 heterocycles. The van der Waals surface area contributed by atoms with E-state index in [-0.39, 0.29) is 25.0 Å². The fourth-order valence-electron chi connectivity index (χ4n) is 2.35. The molecule has 0 aromatic heterocycles. The Labute approximate surface area is 101 Å². The summed E-state index contributed by atoms with van der Waals surface area (Å²) in [7, 11) is 0. The Balaban J connectivity index is 2.30. The number of nitrogens with one attached hydrogen (secondary N) is 1. The van der Waals surface area contributed by atoms with E-state index in [0.717, 1.165) is 6.42 Å². The number of ether oxygens (including phenoxy) is 1. The van der Waals surface area contributed by atoms with Gasteiger partial charge in [0.15, 0.2) is 0 Å². The minimum absolute atomic E-state index is 0.0155. The van der Waals surface area contributed by atoms with Crippen LogP contribution in [0.15, 0.2) is 0 Å². The van der Waals surface area contributed by atoms with Gasteiger partial charge in [-0.3, -0.25) is 0 Å². The van der Waals surface area contributed by atoms with Gasteiger partial charge in [-0.1, -0.05) is 6.42 Å². The van der Waals surface area contributed by atoms with Crippen molar-refractivity contribution in [1.82, 2.24) is 5.32 Å². The van der Waals surface area contributed by atoms with E-state index in [1.807, 2.05) is 13.8 Å². The van der Waals surface area contributed by atoms with Crippen molar-refractivity contribution in [3.05, 3.63) is 0 Å². The van der Waals surface area contributed by atoms with Crippen LogP contribution >= 0.6 is 0 Å². The van der Waals surface area contributed by atoms with Gasteiger partial charge in [0, 0.05) is 19.2 Å². The lowest BCUT2D eigenvalue weighted by molar-refractivity contribution is -0.183. The van der Waals surface area contributed by atoms with Gasteiger partial charge in [0.2, 0.25) is 0 Å². The molecule has 0 aliphatic heterocycles. The molecule has 102 valence electrons. The molecule has 0 aromatic carbocycles. The topological polar surface area (TPSA) is 21.3 Å². The maximum Gasteiger partial charge on any atom is 0.391 e. The van der Waals surface area contributed by atoms with Gasteiger partial charge >= 0.3 is 6.18 Å². The van der Waals surface area contributed by atoms with E-state index in [9.17, 15) is 13.2 Å². The fourth-order valence-corrected chi connectivity index (χ4v) is 2.35. The molecule has 2 nitrogen and oxygen atoms in total. The second-order valence-corrected chi connectivity index (χ2v) is 4.78. The number of hydrogen-bond acceptors (Lipinski definition) is 2. The molecule has 0 spiro atoms. The summed E-state index contributed by atoms with van der Waals surface area (Å²) < 4.78 is 43.1. The van der Waals surface area contributed by atoms with Crippen molar-refractivity contribution < 1.29 is 17.9 Å². The van der Waals surface area contributed by atoms with Crippen molar-refractivity contribution in [2.24, 2.45) is 5.92 Å². The van der Waals surface area contributed by atoms with Crippen molar-refractivity contribution in [3.63, 3.8) is 0 Å². The molecule has 0 saturated heterocycles. The van der Waals surface area contributed by atoms with E-state index >= 15 is 0 Å². The highest BCUT2D eigenvalue weighted by molar-refractivity contribution is 4.82. The average molecular weight is 253 g/mol. The van der Waals surface area contributed by atoms with Crippen LogP contribution in [0.1, 0.15) is 39.5 Å². The van der Waals surface area contributed by atoms with Crippen molar-refractivity contribution in [2.45, 2.75) is 57.9 Å². The summed E-state index contributed by atoms with van der Waals surface area (Å²) in [4.78, 5) is 0. The summed E-state index contributed by atoms with van der Waals surface area (Å²) in [5, 5.41) is 3.18. The first-order valence-corrected chi connectivity index (χ1v) is 6.35. The molecule has 3 unspecified atom stereocenters. The van der Waals surface area contributed by atoms with E-state index in [1.165, 1.54) is 0 Å². The number of halogens is 3. The number of hydrogen-bond donors (Lipinski definition) is 1. The van der Waals surface area contributed by atoms with Gasteiger partial charge in [0.25, 0.3) is 0 Å². The van der Waals surface area contributed by atoms with E-state index < -0.39 is 12.1 Å². The van der Waals surface area contributed by atoms with E-state index in [2.05, 4.69) is 5.32 Å². The first-order valence-electron chi connectivity index (χ1n) is 6.35. The molecular formula is C12H22F3NO. The zero-order valence-electron chi connectivity index (χ0n) is 10.5. The van der Waals surface area contributed by atoms with Crippen molar-refractivity contribution in [2.75, 3.05) is 13.2 Å². The molecule has 5 heteroatoms. The summed E-state index contributed by atoms with van der Waals surface area (Å²) in [6, 6.07) is -0.0155. The van der Waals surface area contributed by atoms with Crippen LogP contribution < -0.4 is 5.32 Å². The van der Waals surface area contributed by atoms with Gasteiger partial charge in [0.1, 0.15) is 0 Å². The van der Waals surface area contributed by atoms with Crippen LogP contribution in [0.5, 0.6) is 0 Å². The standard InChI is InChI=1S/C12H22F3NO/c1-3-17-9(2)8-16-11-6-4-5-10(7-11)12(13,14)15/h9-11,16H,3-8H2,1-2H3. The Morgan fingerprint density at radius 2 is 2.06 bits per heavy atom. The average Bonchev–Trinajstić information content (AvgIpc) is 2.26. The van der Waals surface area contributed by atoms with Crippen LogP contribution in [0.25, 0.3) is 0 Å². The SMILES string of the molecule is CCOC(C)CNC1CCCC(C(F)(F)F)C1. The van der Waals surface area contributed by atoms with Crippen LogP contribution in [0, 0.1) is 5.92 Å². The molecule has 0 aromatic rings. The van der Waals surface area contributed by atoms with Gasteiger partial charge in [0.05, 0.1) is 12.0 Å². The molecule has 1 fully saturated rings. The molecule has 17 heavy (non-hydrogen) atoms. The lowest BCUT2D eigenvalue weighted by Crippen LogP contribution is -2.41. The lowest BCUT2D eigenvalue weighted by Gasteiger charge is -2.31. The van der Waals surface area contributed by atoms with Crippen LogP contribution in [-0.4, -0.2) is 31.5 Å². The highest BCUT2D eigenvalue weighted by Gasteiger charge is 2.41. The molecule has 1 saturated carbocycles. The fraction of sp³-hybridized carbons (Fsp3) is 1.00. The molecular weight excluding hydrogens is 231 g/mol. The quantitative estimate of drug-likeness (QED) is 0.812. The largest absolute Gasteiger partial charge is 0.391 e.